The predicted molar refractivity (Wildman–Crippen MR) is 171 cm³/mol. The van der Waals surface area contributed by atoms with Crippen molar-refractivity contribution in [2.75, 3.05) is 17.3 Å². The van der Waals surface area contributed by atoms with Gasteiger partial charge >= 0.3 is 12.0 Å². The largest absolute Gasteiger partial charge is 0.467 e. The van der Waals surface area contributed by atoms with Gasteiger partial charge < -0.3 is 10.1 Å². The third kappa shape index (κ3) is 6.32. The van der Waals surface area contributed by atoms with E-state index in [9.17, 15) is 9.59 Å². The summed E-state index contributed by atoms with van der Waals surface area (Å²) in [6.45, 7) is 0. The Bertz CT molecular complexity index is 1740. The number of benzene rings is 4. The van der Waals surface area contributed by atoms with Gasteiger partial charge in [-0.05, 0) is 60.2 Å². The summed E-state index contributed by atoms with van der Waals surface area (Å²) in [4.78, 5) is 33.1. The predicted octanol–water partition coefficient (Wildman–Crippen LogP) is 9.34. The molecule has 6 nitrogen and oxygen atoms in total. The van der Waals surface area contributed by atoms with E-state index in [1.165, 1.54) is 12.0 Å². The monoisotopic (exact) mass is 637 g/mol. The zero-order valence-corrected chi connectivity index (χ0v) is 25.2. The van der Waals surface area contributed by atoms with Crippen molar-refractivity contribution in [2.45, 2.75) is 12.5 Å². The number of anilines is 2. The molecule has 5 aromatic rings. The van der Waals surface area contributed by atoms with Gasteiger partial charge in [-0.2, -0.15) is 0 Å². The van der Waals surface area contributed by atoms with Crippen LogP contribution in [-0.2, 0) is 16.0 Å². The molecule has 0 aliphatic rings. The van der Waals surface area contributed by atoms with Crippen molar-refractivity contribution >= 4 is 80.7 Å². The number of rotatable bonds is 7. The minimum Gasteiger partial charge on any atom is -0.467 e. The molecule has 0 spiro atoms. The number of ether oxygens (including phenoxy) is 1. The molecule has 4 aromatic carbocycles. The van der Waals surface area contributed by atoms with Gasteiger partial charge in [-0.25, -0.2) is 14.6 Å². The topological polar surface area (TPSA) is 71.5 Å². The first-order chi connectivity index (χ1) is 20.3. The molecule has 1 atom stereocenters. The number of aromatic nitrogens is 1. The van der Waals surface area contributed by atoms with Crippen LogP contribution in [0.15, 0.2) is 97.1 Å². The van der Waals surface area contributed by atoms with E-state index in [1.807, 2.05) is 36.4 Å². The summed E-state index contributed by atoms with van der Waals surface area (Å²) in [5.41, 5.74) is 3.52. The second kappa shape index (κ2) is 13.0. The van der Waals surface area contributed by atoms with Crippen LogP contribution in [0, 0.1) is 0 Å². The molecule has 2 amide bonds. The van der Waals surface area contributed by atoms with Crippen molar-refractivity contribution in [2.24, 2.45) is 0 Å². The van der Waals surface area contributed by atoms with Crippen LogP contribution in [0.2, 0.25) is 20.1 Å². The number of halogens is 4. The Morgan fingerprint density at radius 2 is 1.45 bits per heavy atom. The molecule has 1 unspecified atom stereocenters. The van der Waals surface area contributed by atoms with Crippen molar-refractivity contribution in [3.8, 4) is 11.3 Å². The van der Waals surface area contributed by atoms with E-state index >= 15 is 0 Å². The van der Waals surface area contributed by atoms with E-state index in [1.54, 1.807) is 60.7 Å². The molecule has 5 rings (SSSR count). The lowest BCUT2D eigenvalue weighted by Crippen LogP contribution is -2.49. The zero-order chi connectivity index (χ0) is 29.8. The Morgan fingerprint density at radius 3 is 2.10 bits per heavy atom. The van der Waals surface area contributed by atoms with Gasteiger partial charge in [0.25, 0.3) is 0 Å². The Balaban J connectivity index is 1.51. The van der Waals surface area contributed by atoms with Crippen LogP contribution in [0.5, 0.6) is 0 Å². The van der Waals surface area contributed by atoms with Crippen molar-refractivity contribution < 1.29 is 14.3 Å². The van der Waals surface area contributed by atoms with E-state index in [2.05, 4.69) is 5.32 Å². The second-order valence-electron chi connectivity index (χ2n) is 9.30. The Morgan fingerprint density at radius 1 is 0.810 bits per heavy atom. The molecule has 42 heavy (non-hydrogen) atoms. The summed E-state index contributed by atoms with van der Waals surface area (Å²) in [6, 6.07) is 26.8. The molecule has 1 aromatic heterocycles. The van der Waals surface area contributed by atoms with E-state index in [0.717, 1.165) is 10.9 Å². The minimum absolute atomic E-state index is 0.152. The van der Waals surface area contributed by atoms with Crippen molar-refractivity contribution in [3.63, 3.8) is 0 Å². The highest BCUT2D eigenvalue weighted by molar-refractivity contribution is 6.40. The van der Waals surface area contributed by atoms with Gasteiger partial charge in [0.1, 0.15) is 6.04 Å². The van der Waals surface area contributed by atoms with E-state index in [4.69, 9.17) is 56.1 Å². The fourth-order valence-corrected chi connectivity index (χ4v) is 5.72. The maximum atomic E-state index is 13.8. The highest BCUT2D eigenvalue weighted by Crippen LogP contribution is 2.35. The van der Waals surface area contributed by atoms with Gasteiger partial charge in [0.05, 0.1) is 44.1 Å². The van der Waals surface area contributed by atoms with Gasteiger partial charge in [0.2, 0.25) is 0 Å². The van der Waals surface area contributed by atoms with Crippen LogP contribution in [0.25, 0.3) is 22.2 Å². The summed E-state index contributed by atoms with van der Waals surface area (Å²) in [5.74, 6) is -0.596. The normalized spacial score (nSPS) is 11.6. The molecule has 10 heteroatoms. The third-order valence-electron chi connectivity index (χ3n) is 6.63. The number of nitrogens with zero attached hydrogens (tertiary/aromatic N) is 2. The van der Waals surface area contributed by atoms with Gasteiger partial charge in [-0.3, -0.25) is 4.90 Å². The zero-order valence-electron chi connectivity index (χ0n) is 22.2. The van der Waals surface area contributed by atoms with Crippen LogP contribution < -0.4 is 10.2 Å². The minimum atomic E-state index is -1.02. The fourth-order valence-electron chi connectivity index (χ4n) is 4.63. The number of carbonyl (C=O) groups is 2. The first-order valence-corrected chi connectivity index (χ1v) is 14.3. The van der Waals surface area contributed by atoms with Crippen LogP contribution in [-0.4, -0.2) is 30.1 Å². The molecule has 1 heterocycles. The standard InChI is InChI=1S/C32H23Cl4N3O3/c1-42-31(40)28(39(21-7-3-2-4-8-21)32(41)38-30-24(35)11-6-12-25(30)36)18-19-13-15-26-20(17-19)14-16-27(37-26)29-22(33)9-5-10-23(29)34/h2-17,28H,18H2,1H3,(H,38,41). The second-order valence-corrected chi connectivity index (χ2v) is 10.9. The number of esters is 1. The van der Waals surface area contributed by atoms with Gasteiger partial charge in [0.15, 0.2) is 0 Å². The molecule has 0 fully saturated rings. The first-order valence-electron chi connectivity index (χ1n) is 12.8. The summed E-state index contributed by atoms with van der Waals surface area (Å²) in [5, 5.41) is 5.13. The Kier molecular flexibility index (Phi) is 9.19. The molecule has 0 radical (unpaired) electrons. The van der Waals surface area contributed by atoms with Crippen LogP contribution in [0.4, 0.5) is 16.2 Å². The van der Waals surface area contributed by atoms with Crippen molar-refractivity contribution in [1.29, 1.82) is 0 Å². The molecule has 212 valence electrons. The summed E-state index contributed by atoms with van der Waals surface area (Å²) in [6.07, 6.45) is 0.152. The molecule has 0 bridgehead atoms. The van der Waals surface area contributed by atoms with Crippen LogP contribution >= 0.6 is 46.4 Å². The van der Waals surface area contributed by atoms with E-state index < -0.39 is 18.0 Å². The lowest BCUT2D eigenvalue weighted by molar-refractivity contribution is -0.142. The number of nitrogens with one attached hydrogen (secondary N) is 1. The highest BCUT2D eigenvalue weighted by Gasteiger charge is 2.33. The van der Waals surface area contributed by atoms with Crippen molar-refractivity contribution in [3.05, 3.63) is 123 Å². The Labute approximate surface area is 262 Å². The number of urea groups is 1. The highest BCUT2D eigenvalue weighted by atomic mass is 35.5. The maximum absolute atomic E-state index is 13.8. The van der Waals surface area contributed by atoms with Gasteiger partial charge in [0, 0.05) is 23.1 Å². The van der Waals surface area contributed by atoms with Gasteiger partial charge in [-0.15, -0.1) is 0 Å². The number of hydrogen-bond acceptors (Lipinski definition) is 4. The average Bonchev–Trinajstić information content (AvgIpc) is 2.99. The number of para-hydroxylation sites is 2. The van der Waals surface area contributed by atoms with E-state index in [-0.39, 0.29) is 22.2 Å². The molecule has 0 saturated heterocycles. The fraction of sp³-hybridized carbons (Fsp3) is 0.0938. The summed E-state index contributed by atoms with van der Waals surface area (Å²) >= 11 is 25.4. The number of hydrogen-bond donors (Lipinski definition) is 1. The molecule has 0 aliphatic heterocycles. The number of amides is 2. The maximum Gasteiger partial charge on any atom is 0.329 e. The number of carbonyl (C=O) groups excluding carboxylic acids is 2. The number of pyridine rings is 1. The van der Waals surface area contributed by atoms with Crippen LogP contribution in [0.3, 0.4) is 0 Å². The SMILES string of the molecule is COC(=O)C(Cc1ccc2nc(-c3c(Cl)cccc3Cl)ccc2c1)N(C(=O)Nc1c(Cl)cccc1Cl)c1ccccc1. The summed E-state index contributed by atoms with van der Waals surface area (Å²) in [7, 11) is 1.28. The van der Waals surface area contributed by atoms with Crippen molar-refractivity contribution in [1.82, 2.24) is 4.98 Å². The smallest absolute Gasteiger partial charge is 0.329 e. The van der Waals surface area contributed by atoms with Gasteiger partial charge in [-0.1, -0.05) is 88.9 Å². The lowest BCUT2D eigenvalue weighted by atomic mass is 10.0. The number of fused-ring (bicyclic) bond motifs is 1. The molecular formula is C32H23Cl4N3O3. The summed E-state index contributed by atoms with van der Waals surface area (Å²) < 4.78 is 5.16. The quantitative estimate of drug-likeness (QED) is 0.180. The molecular weight excluding hydrogens is 616 g/mol. The van der Waals surface area contributed by atoms with Crippen LogP contribution in [0.1, 0.15) is 5.56 Å². The number of methoxy groups -OCH3 is 1. The molecule has 0 aliphatic carbocycles. The Hall–Kier alpha value is -3.81. The molecule has 0 saturated carbocycles. The lowest BCUT2D eigenvalue weighted by Gasteiger charge is -2.30. The average molecular weight is 639 g/mol. The third-order valence-corrected chi connectivity index (χ3v) is 7.89. The van der Waals surface area contributed by atoms with E-state index in [0.29, 0.717) is 32.5 Å². The first kappa shape index (κ1) is 29.7. The molecule has 1 N–H and O–H groups in total.